The topological polar surface area (TPSA) is 28.6 Å². The van der Waals surface area contributed by atoms with Crippen molar-refractivity contribution < 1.29 is 9.13 Å². The Morgan fingerprint density at radius 2 is 1.91 bits per heavy atom. The largest absolute Gasteiger partial charge is 0.383 e. The van der Waals surface area contributed by atoms with E-state index in [0.29, 0.717) is 18.6 Å². The molecule has 5 rings (SSSR count). The van der Waals surface area contributed by atoms with E-state index in [1.807, 2.05) is 12.1 Å². The molecule has 1 saturated heterocycles. The number of benzene rings is 2. The van der Waals surface area contributed by atoms with Gasteiger partial charge >= 0.3 is 0 Å². The van der Waals surface area contributed by atoms with Crippen molar-refractivity contribution >= 4 is 10.9 Å². The first-order valence-corrected chi connectivity index (χ1v) is 12.3. The standard InChI is InChI=1S/C28H34FN3O/c1-33-14-13-31(20-26-10-8-24-15-25(29)9-11-28(24)30-26)18-21-5-4-12-32(19-21)27-16-22-6-2-3-7-23(22)17-27/h2-3,6-11,15,21,27H,4-5,12-14,16-20H2,1H3/t21-/m1/s1. The predicted molar refractivity (Wildman–Crippen MR) is 131 cm³/mol. The number of ether oxygens (including phenoxy) is 1. The van der Waals surface area contributed by atoms with Gasteiger partial charge in [-0.05, 0) is 73.5 Å². The van der Waals surface area contributed by atoms with Crippen LogP contribution in [0.1, 0.15) is 29.7 Å². The van der Waals surface area contributed by atoms with Gasteiger partial charge in [-0.2, -0.15) is 0 Å². The zero-order valence-electron chi connectivity index (χ0n) is 19.5. The van der Waals surface area contributed by atoms with Crippen LogP contribution in [0.2, 0.25) is 0 Å². The van der Waals surface area contributed by atoms with Gasteiger partial charge in [-0.1, -0.05) is 30.3 Å². The number of methoxy groups -OCH3 is 1. The first kappa shape index (κ1) is 22.5. The van der Waals surface area contributed by atoms with E-state index in [-0.39, 0.29) is 5.82 Å². The highest BCUT2D eigenvalue weighted by molar-refractivity contribution is 5.78. The molecule has 0 radical (unpaired) electrons. The first-order chi connectivity index (χ1) is 16.2. The van der Waals surface area contributed by atoms with Crippen LogP contribution in [0.25, 0.3) is 10.9 Å². The van der Waals surface area contributed by atoms with E-state index in [4.69, 9.17) is 9.72 Å². The van der Waals surface area contributed by atoms with Crippen LogP contribution in [0.5, 0.6) is 0 Å². The molecule has 2 heterocycles. The minimum Gasteiger partial charge on any atom is -0.383 e. The second-order valence-electron chi connectivity index (χ2n) is 9.70. The van der Waals surface area contributed by atoms with Gasteiger partial charge < -0.3 is 4.74 Å². The third-order valence-corrected chi connectivity index (χ3v) is 7.32. The van der Waals surface area contributed by atoms with E-state index in [1.54, 1.807) is 19.2 Å². The van der Waals surface area contributed by atoms with Crippen molar-refractivity contribution in [3.05, 3.63) is 77.2 Å². The Kier molecular flexibility index (Phi) is 7.00. The number of rotatable bonds is 8. The Balaban J connectivity index is 1.23. The van der Waals surface area contributed by atoms with Crippen molar-refractivity contribution in [2.45, 2.75) is 38.3 Å². The summed E-state index contributed by atoms with van der Waals surface area (Å²) < 4.78 is 18.9. The van der Waals surface area contributed by atoms with Gasteiger partial charge in [0.1, 0.15) is 5.82 Å². The second-order valence-corrected chi connectivity index (χ2v) is 9.70. The Morgan fingerprint density at radius 1 is 1.09 bits per heavy atom. The molecular weight excluding hydrogens is 413 g/mol. The molecule has 2 aromatic carbocycles. The highest BCUT2D eigenvalue weighted by Crippen LogP contribution is 2.29. The molecule has 1 aliphatic carbocycles. The Hall–Kier alpha value is -2.34. The van der Waals surface area contributed by atoms with Gasteiger partial charge in [0, 0.05) is 44.7 Å². The van der Waals surface area contributed by atoms with Crippen molar-refractivity contribution in [3.63, 3.8) is 0 Å². The molecule has 1 aliphatic heterocycles. The number of likely N-dealkylation sites (tertiary alicyclic amines) is 1. The van der Waals surface area contributed by atoms with Gasteiger partial charge in [0.2, 0.25) is 0 Å². The summed E-state index contributed by atoms with van der Waals surface area (Å²) in [7, 11) is 1.76. The zero-order chi connectivity index (χ0) is 22.6. The van der Waals surface area contributed by atoms with Gasteiger partial charge in [0.25, 0.3) is 0 Å². The number of pyridine rings is 1. The molecule has 4 nitrogen and oxygen atoms in total. The summed E-state index contributed by atoms with van der Waals surface area (Å²) in [6, 6.07) is 18.4. The summed E-state index contributed by atoms with van der Waals surface area (Å²) in [5.41, 5.74) is 4.96. The van der Waals surface area contributed by atoms with Crippen molar-refractivity contribution in [2.75, 3.05) is 39.9 Å². The minimum absolute atomic E-state index is 0.217. The van der Waals surface area contributed by atoms with Crippen LogP contribution in [-0.4, -0.2) is 60.7 Å². The molecule has 1 fully saturated rings. The van der Waals surface area contributed by atoms with Crippen LogP contribution >= 0.6 is 0 Å². The smallest absolute Gasteiger partial charge is 0.123 e. The quantitative estimate of drug-likeness (QED) is 0.500. The second kappa shape index (κ2) is 10.3. The molecule has 5 heteroatoms. The number of hydrogen-bond donors (Lipinski definition) is 0. The number of hydrogen-bond acceptors (Lipinski definition) is 4. The van der Waals surface area contributed by atoms with E-state index < -0.39 is 0 Å². The summed E-state index contributed by atoms with van der Waals surface area (Å²) >= 11 is 0. The van der Waals surface area contributed by atoms with Crippen LogP contribution in [0.15, 0.2) is 54.6 Å². The molecule has 2 aliphatic rings. The summed E-state index contributed by atoms with van der Waals surface area (Å²) in [6.07, 6.45) is 4.94. The zero-order valence-corrected chi connectivity index (χ0v) is 19.5. The van der Waals surface area contributed by atoms with Gasteiger partial charge in [-0.15, -0.1) is 0 Å². The van der Waals surface area contributed by atoms with Crippen LogP contribution in [-0.2, 0) is 24.1 Å². The van der Waals surface area contributed by atoms with Crippen LogP contribution in [0, 0.1) is 11.7 Å². The molecule has 1 aromatic heterocycles. The van der Waals surface area contributed by atoms with Crippen molar-refractivity contribution in [1.82, 2.24) is 14.8 Å². The number of halogens is 1. The normalized spacial score (nSPS) is 19.4. The fourth-order valence-corrected chi connectivity index (χ4v) is 5.65. The Labute approximate surface area is 196 Å². The van der Waals surface area contributed by atoms with Crippen molar-refractivity contribution in [2.24, 2.45) is 5.92 Å². The molecule has 0 bridgehead atoms. The van der Waals surface area contributed by atoms with Gasteiger partial charge in [-0.25, -0.2) is 4.39 Å². The predicted octanol–water partition coefficient (Wildman–Crippen LogP) is 4.70. The monoisotopic (exact) mass is 447 g/mol. The fourth-order valence-electron chi connectivity index (χ4n) is 5.65. The maximum Gasteiger partial charge on any atom is 0.123 e. The van der Waals surface area contributed by atoms with Crippen molar-refractivity contribution in [3.8, 4) is 0 Å². The first-order valence-electron chi connectivity index (χ1n) is 12.3. The number of aromatic nitrogens is 1. The molecular formula is C28H34FN3O. The number of nitrogens with zero attached hydrogens (tertiary/aromatic N) is 3. The molecule has 0 N–H and O–H groups in total. The van der Waals surface area contributed by atoms with Crippen LogP contribution in [0.3, 0.4) is 0 Å². The van der Waals surface area contributed by atoms with E-state index in [0.717, 1.165) is 36.2 Å². The van der Waals surface area contributed by atoms with Crippen LogP contribution in [0.4, 0.5) is 4.39 Å². The average molecular weight is 448 g/mol. The Bertz CT molecular complexity index is 1060. The molecule has 3 aromatic rings. The highest BCUT2D eigenvalue weighted by Gasteiger charge is 2.31. The maximum atomic E-state index is 13.5. The van der Waals surface area contributed by atoms with Crippen LogP contribution < -0.4 is 0 Å². The Morgan fingerprint density at radius 3 is 2.70 bits per heavy atom. The van der Waals surface area contributed by atoms with E-state index in [2.05, 4.69) is 34.1 Å². The summed E-state index contributed by atoms with van der Waals surface area (Å²) in [5.74, 6) is 0.444. The van der Waals surface area contributed by atoms with E-state index in [1.165, 1.54) is 56.0 Å². The van der Waals surface area contributed by atoms with E-state index in [9.17, 15) is 4.39 Å². The lowest BCUT2D eigenvalue weighted by Gasteiger charge is -2.38. The lowest BCUT2D eigenvalue weighted by Crippen LogP contribution is -2.46. The maximum absolute atomic E-state index is 13.5. The number of fused-ring (bicyclic) bond motifs is 2. The highest BCUT2D eigenvalue weighted by atomic mass is 19.1. The molecule has 1 atom stereocenters. The molecule has 0 saturated carbocycles. The van der Waals surface area contributed by atoms with Crippen molar-refractivity contribution in [1.29, 1.82) is 0 Å². The van der Waals surface area contributed by atoms with E-state index >= 15 is 0 Å². The van der Waals surface area contributed by atoms with Gasteiger partial charge in [-0.3, -0.25) is 14.8 Å². The molecule has 0 spiro atoms. The lowest BCUT2D eigenvalue weighted by atomic mass is 9.95. The summed E-state index contributed by atoms with van der Waals surface area (Å²) in [5, 5.41) is 0.850. The van der Waals surface area contributed by atoms with Gasteiger partial charge in [0.05, 0.1) is 17.8 Å². The molecule has 0 unspecified atom stereocenters. The minimum atomic E-state index is -0.217. The average Bonchev–Trinajstić information content (AvgIpc) is 3.27. The third kappa shape index (κ3) is 5.43. The fraction of sp³-hybridized carbons (Fsp3) is 0.464. The summed E-state index contributed by atoms with van der Waals surface area (Å²) in [4.78, 5) is 10.0. The SMILES string of the molecule is COCCN(Cc1ccc2cc(F)ccc2n1)C[C@H]1CCCN(C2Cc3ccccc3C2)C1. The lowest BCUT2D eigenvalue weighted by molar-refractivity contribution is 0.0839. The number of piperidine rings is 1. The summed E-state index contributed by atoms with van der Waals surface area (Å²) in [6.45, 7) is 5.85. The molecule has 0 amide bonds. The van der Waals surface area contributed by atoms with Gasteiger partial charge in [0.15, 0.2) is 0 Å². The molecule has 174 valence electrons. The third-order valence-electron chi connectivity index (χ3n) is 7.32. The molecule has 33 heavy (non-hydrogen) atoms.